The molecule has 1 aliphatic rings. The van der Waals surface area contributed by atoms with E-state index >= 15 is 0 Å². The van der Waals surface area contributed by atoms with Crippen LogP contribution in [0.5, 0.6) is 5.75 Å². The van der Waals surface area contributed by atoms with Crippen LogP contribution in [0.3, 0.4) is 0 Å². The maximum atomic E-state index is 12.6. The van der Waals surface area contributed by atoms with E-state index in [0.29, 0.717) is 19.5 Å². The highest BCUT2D eigenvalue weighted by Crippen LogP contribution is 2.31. The molecule has 0 spiro atoms. The normalized spacial score (nSPS) is 19.2. The molecule has 110 valence electrons. The van der Waals surface area contributed by atoms with Crippen LogP contribution in [0.15, 0.2) is 24.3 Å². The van der Waals surface area contributed by atoms with Crippen LogP contribution in [0.25, 0.3) is 0 Å². The van der Waals surface area contributed by atoms with Crippen molar-refractivity contribution in [1.29, 1.82) is 0 Å². The zero-order chi connectivity index (χ0) is 14.8. The highest BCUT2D eigenvalue weighted by atomic mass is 19.4. The monoisotopic (exact) mass is 288 g/mol. The first kappa shape index (κ1) is 14.6. The van der Waals surface area contributed by atoms with Crippen LogP contribution in [0.4, 0.5) is 13.2 Å². The van der Waals surface area contributed by atoms with Crippen molar-refractivity contribution in [3.63, 3.8) is 0 Å². The number of halogens is 3. The standard InChI is InChI=1S/C13H15F3N2O2/c14-13(15,16)9-2-1-3-10(6-9)20-11-4-5-18(8-11)12(19)7-17/h1-3,6,11H,4-5,7-8,17H2. The van der Waals surface area contributed by atoms with Gasteiger partial charge in [-0.2, -0.15) is 13.2 Å². The number of likely N-dealkylation sites (tertiary alicyclic amines) is 1. The van der Waals surface area contributed by atoms with Crippen molar-refractivity contribution in [1.82, 2.24) is 4.90 Å². The maximum Gasteiger partial charge on any atom is 0.416 e. The Labute approximate surface area is 114 Å². The molecule has 1 aliphatic heterocycles. The Balaban J connectivity index is 2.00. The molecule has 0 aliphatic carbocycles. The summed E-state index contributed by atoms with van der Waals surface area (Å²) in [5.74, 6) is -0.0213. The first-order valence-corrected chi connectivity index (χ1v) is 6.22. The molecule has 1 fully saturated rings. The molecule has 2 N–H and O–H groups in total. The summed E-state index contributed by atoms with van der Waals surface area (Å²) in [6, 6.07) is 4.73. The molecule has 0 aromatic heterocycles. The fraction of sp³-hybridized carbons (Fsp3) is 0.462. The first-order valence-electron chi connectivity index (χ1n) is 6.22. The van der Waals surface area contributed by atoms with Gasteiger partial charge in [-0.1, -0.05) is 6.07 Å². The zero-order valence-corrected chi connectivity index (χ0v) is 10.7. The summed E-state index contributed by atoms with van der Waals surface area (Å²) >= 11 is 0. The number of hydrogen-bond acceptors (Lipinski definition) is 3. The summed E-state index contributed by atoms with van der Waals surface area (Å²) < 4.78 is 43.2. The maximum absolute atomic E-state index is 12.6. The summed E-state index contributed by atoms with van der Waals surface area (Å²) in [6.07, 6.45) is -4.10. The smallest absolute Gasteiger partial charge is 0.416 e. The average Bonchev–Trinajstić information content (AvgIpc) is 2.85. The minimum Gasteiger partial charge on any atom is -0.489 e. The van der Waals surface area contributed by atoms with E-state index in [1.54, 1.807) is 4.90 Å². The lowest BCUT2D eigenvalue weighted by atomic mass is 10.2. The molecule has 1 heterocycles. The van der Waals surface area contributed by atoms with Gasteiger partial charge in [0.25, 0.3) is 0 Å². The third kappa shape index (κ3) is 3.41. The first-order chi connectivity index (χ1) is 9.40. The van der Waals surface area contributed by atoms with Crippen molar-refractivity contribution in [3.8, 4) is 5.75 Å². The predicted molar refractivity (Wildman–Crippen MR) is 66.1 cm³/mol. The number of hydrogen-bond donors (Lipinski definition) is 1. The van der Waals surface area contributed by atoms with E-state index in [0.717, 1.165) is 12.1 Å². The Morgan fingerprint density at radius 1 is 1.45 bits per heavy atom. The molecule has 7 heteroatoms. The van der Waals surface area contributed by atoms with Gasteiger partial charge in [0.1, 0.15) is 11.9 Å². The molecule has 2 rings (SSSR count). The molecule has 0 radical (unpaired) electrons. The van der Waals surface area contributed by atoms with Crippen LogP contribution in [0.1, 0.15) is 12.0 Å². The van der Waals surface area contributed by atoms with Gasteiger partial charge in [-0.15, -0.1) is 0 Å². The van der Waals surface area contributed by atoms with Crippen LogP contribution >= 0.6 is 0 Å². The highest BCUT2D eigenvalue weighted by Gasteiger charge is 2.31. The molecular weight excluding hydrogens is 273 g/mol. The molecule has 1 atom stereocenters. The van der Waals surface area contributed by atoms with Gasteiger partial charge in [0.2, 0.25) is 5.91 Å². The summed E-state index contributed by atoms with van der Waals surface area (Å²) in [5, 5.41) is 0. The van der Waals surface area contributed by atoms with E-state index in [-0.39, 0.29) is 24.3 Å². The van der Waals surface area contributed by atoms with Crippen LogP contribution < -0.4 is 10.5 Å². The second kappa shape index (κ2) is 5.70. The molecule has 0 bridgehead atoms. The zero-order valence-electron chi connectivity index (χ0n) is 10.7. The quantitative estimate of drug-likeness (QED) is 0.920. The summed E-state index contributed by atoms with van der Waals surface area (Å²) in [7, 11) is 0. The lowest BCUT2D eigenvalue weighted by Gasteiger charge is -2.17. The molecule has 1 saturated heterocycles. The van der Waals surface area contributed by atoms with E-state index in [1.807, 2.05) is 0 Å². The van der Waals surface area contributed by atoms with Gasteiger partial charge in [0, 0.05) is 13.0 Å². The highest BCUT2D eigenvalue weighted by molar-refractivity contribution is 5.78. The van der Waals surface area contributed by atoms with Crippen LogP contribution in [-0.4, -0.2) is 36.5 Å². The Morgan fingerprint density at radius 3 is 2.85 bits per heavy atom. The summed E-state index contributed by atoms with van der Waals surface area (Å²) in [6.45, 7) is 0.794. The van der Waals surface area contributed by atoms with Gasteiger partial charge in [0.05, 0.1) is 18.7 Å². The summed E-state index contributed by atoms with van der Waals surface area (Å²) in [5.41, 5.74) is 4.51. The van der Waals surface area contributed by atoms with Gasteiger partial charge in [-0.05, 0) is 18.2 Å². The third-order valence-corrected chi connectivity index (χ3v) is 3.14. The second-order valence-electron chi connectivity index (χ2n) is 4.60. The van der Waals surface area contributed by atoms with E-state index in [1.165, 1.54) is 12.1 Å². The largest absolute Gasteiger partial charge is 0.489 e. The molecular formula is C13H15F3N2O2. The van der Waals surface area contributed by atoms with Crippen molar-refractivity contribution in [2.45, 2.75) is 18.7 Å². The average molecular weight is 288 g/mol. The number of nitrogens with two attached hydrogens (primary N) is 1. The number of alkyl halides is 3. The third-order valence-electron chi connectivity index (χ3n) is 3.14. The topological polar surface area (TPSA) is 55.6 Å². The van der Waals surface area contributed by atoms with E-state index in [9.17, 15) is 18.0 Å². The fourth-order valence-electron chi connectivity index (χ4n) is 2.12. The van der Waals surface area contributed by atoms with Crippen molar-refractivity contribution < 1.29 is 22.7 Å². The van der Waals surface area contributed by atoms with Crippen LogP contribution in [0, 0.1) is 0 Å². The van der Waals surface area contributed by atoms with E-state index < -0.39 is 11.7 Å². The van der Waals surface area contributed by atoms with E-state index in [4.69, 9.17) is 10.5 Å². The van der Waals surface area contributed by atoms with Gasteiger partial charge in [-0.3, -0.25) is 4.79 Å². The molecule has 1 aromatic rings. The van der Waals surface area contributed by atoms with Gasteiger partial charge in [-0.25, -0.2) is 0 Å². The lowest BCUT2D eigenvalue weighted by Crippen LogP contribution is -2.35. The SMILES string of the molecule is NCC(=O)N1CCC(Oc2cccc(C(F)(F)F)c2)C1. The number of nitrogens with zero attached hydrogens (tertiary/aromatic N) is 1. The Hall–Kier alpha value is -1.76. The number of amides is 1. The van der Waals surface area contributed by atoms with Gasteiger partial charge in [0.15, 0.2) is 0 Å². The number of carbonyl (C=O) groups excluding carboxylic acids is 1. The Morgan fingerprint density at radius 2 is 2.20 bits per heavy atom. The number of ether oxygens (including phenoxy) is 1. The van der Waals surface area contributed by atoms with Crippen molar-refractivity contribution in [3.05, 3.63) is 29.8 Å². The molecule has 1 unspecified atom stereocenters. The molecule has 4 nitrogen and oxygen atoms in total. The lowest BCUT2D eigenvalue weighted by molar-refractivity contribution is -0.137. The second-order valence-corrected chi connectivity index (χ2v) is 4.60. The minimum atomic E-state index is -4.39. The Bertz CT molecular complexity index is 491. The Kier molecular flexibility index (Phi) is 4.17. The van der Waals surface area contributed by atoms with Gasteiger partial charge < -0.3 is 15.4 Å². The molecule has 0 saturated carbocycles. The van der Waals surface area contributed by atoms with Gasteiger partial charge >= 0.3 is 6.18 Å². The molecule has 1 aromatic carbocycles. The van der Waals surface area contributed by atoms with Crippen molar-refractivity contribution in [2.75, 3.05) is 19.6 Å². The number of carbonyl (C=O) groups is 1. The molecule has 1 amide bonds. The summed E-state index contributed by atoms with van der Waals surface area (Å²) in [4.78, 5) is 12.9. The predicted octanol–water partition coefficient (Wildman–Crippen LogP) is 1.64. The van der Waals surface area contributed by atoms with Crippen LogP contribution in [0.2, 0.25) is 0 Å². The molecule has 20 heavy (non-hydrogen) atoms. The number of rotatable bonds is 3. The van der Waals surface area contributed by atoms with E-state index in [2.05, 4.69) is 0 Å². The minimum absolute atomic E-state index is 0.0731. The van der Waals surface area contributed by atoms with Crippen molar-refractivity contribution in [2.24, 2.45) is 5.73 Å². The number of benzene rings is 1. The fourth-order valence-corrected chi connectivity index (χ4v) is 2.12. The van der Waals surface area contributed by atoms with Crippen molar-refractivity contribution >= 4 is 5.91 Å². The van der Waals surface area contributed by atoms with Crippen LogP contribution in [-0.2, 0) is 11.0 Å².